The van der Waals surface area contributed by atoms with Gasteiger partial charge in [0.2, 0.25) is 0 Å². The lowest BCUT2D eigenvalue weighted by Gasteiger charge is -2.24. The van der Waals surface area contributed by atoms with Crippen molar-refractivity contribution in [3.8, 4) is 0 Å². The Balaban J connectivity index is 2.09. The molecule has 0 radical (unpaired) electrons. The molecule has 0 unspecified atom stereocenters. The minimum atomic E-state index is 0.687. The van der Waals surface area contributed by atoms with Crippen molar-refractivity contribution in [2.24, 2.45) is 0 Å². The van der Waals surface area contributed by atoms with Gasteiger partial charge in [0.1, 0.15) is 0 Å². The molecule has 0 aromatic heterocycles. The van der Waals surface area contributed by atoms with Crippen LogP contribution in [0.15, 0.2) is 30.3 Å². The van der Waals surface area contributed by atoms with Crippen LogP contribution in [-0.4, -0.2) is 25.0 Å². The molecule has 1 aromatic carbocycles. The van der Waals surface area contributed by atoms with Gasteiger partial charge in [-0.1, -0.05) is 95.0 Å². The third-order valence-electron chi connectivity index (χ3n) is 4.69. The molecule has 1 nitrogen and oxygen atoms in total. The number of benzene rings is 1. The molecule has 1 heteroatoms. The Bertz CT molecular complexity index is 344. The van der Waals surface area contributed by atoms with Crippen LogP contribution in [0.2, 0.25) is 0 Å². The van der Waals surface area contributed by atoms with Crippen LogP contribution in [0.4, 0.5) is 0 Å². The second kappa shape index (κ2) is 12.7. The topological polar surface area (TPSA) is 3.24 Å². The summed E-state index contributed by atoms with van der Waals surface area (Å²) in [5.74, 6) is 0. The zero-order valence-electron chi connectivity index (χ0n) is 15.2. The van der Waals surface area contributed by atoms with Crippen molar-refractivity contribution in [2.75, 3.05) is 14.1 Å². The Morgan fingerprint density at radius 1 is 0.773 bits per heavy atom. The summed E-state index contributed by atoms with van der Waals surface area (Å²) in [5, 5.41) is 0. The van der Waals surface area contributed by atoms with Crippen LogP contribution in [0.3, 0.4) is 0 Å². The highest BCUT2D eigenvalue weighted by Crippen LogP contribution is 2.15. The highest BCUT2D eigenvalue weighted by atomic mass is 15.1. The first kappa shape index (κ1) is 19.2. The average Bonchev–Trinajstić information content (AvgIpc) is 2.53. The molecule has 0 aliphatic rings. The van der Waals surface area contributed by atoms with E-state index in [0.717, 1.165) is 0 Å². The summed E-state index contributed by atoms with van der Waals surface area (Å²) < 4.78 is 0. The number of nitrogens with zero attached hydrogens (tertiary/aromatic N) is 1. The Labute approximate surface area is 139 Å². The van der Waals surface area contributed by atoms with E-state index < -0.39 is 0 Å². The molecule has 0 saturated heterocycles. The summed E-state index contributed by atoms with van der Waals surface area (Å²) in [5.41, 5.74) is 1.47. The van der Waals surface area contributed by atoms with Gasteiger partial charge in [-0.15, -0.1) is 0 Å². The molecule has 0 bridgehead atoms. The first-order chi connectivity index (χ1) is 10.7. The molecule has 0 amide bonds. The monoisotopic (exact) mass is 303 g/mol. The quantitative estimate of drug-likeness (QED) is 0.399. The SMILES string of the molecule is CCCCCCCCCCC[C@@H](Cc1ccccc1)N(C)C. The third-order valence-corrected chi connectivity index (χ3v) is 4.69. The summed E-state index contributed by atoms with van der Waals surface area (Å²) in [6, 6.07) is 11.6. The van der Waals surface area contributed by atoms with Crippen molar-refractivity contribution >= 4 is 0 Å². The molecular formula is C21H37N. The highest BCUT2D eigenvalue weighted by Gasteiger charge is 2.11. The Kier molecular flexibility index (Phi) is 11.1. The second-order valence-electron chi connectivity index (χ2n) is 6.92. The fourth-order valence-electron chi connectivity index (χ4n) is 3.12. The smallest absolute Gasteiger partial charge is 0.0130 e. The zero-order valence-corrected chi connectivity index (χ0v) is 15.2. The summed E-state index contributed by atoms with van der Waals surface area (Å²) in [6.07, 6.45) is 15.3. The molecule has 1 rings (SSSR count). The second-order valence-corrected chi connectivity index (χ2v) is 6.92. The number of hydrogen-bond donors (Lipinski definition) is 0. The van der Waals surface area contributed by atoms with E-state index in [4.69, 9.17) is 0 Å². The van der Waals surface area contributed by atoms with Crippen molar-refractivity contribution in [2.45, 2.75) is 83.6 Å². The van der Waals surface area contributed by atoms with Gasteiger partial charge in [-0.05, 0) is 32.5 Å². The van der Waals surface area contributed by atoms with Crippen LogP contribution in [0.25, 0.3) is 0 Å². The van der Waals surface area contributed by atoms with Crippen molar-refractivity contribution in [1.82, 2.24) is 4.90 Å². The first-order valence-corrected chi connectivity index (χ1v) is 9.44. The molecule has 0 heterocycles. The van der Waals surface area contributed by atoms with E-state index in [1.807, 2.05) is 0 Å². The van der Waals surface area contributed by atoms with E-state index in [1.165, 1.54) is 76.2 Å². The molecular weight excluding hydrogens is 266 g/mol. The van der Waals surface area contributed by atoms with E-state index in [2.05, 4.69) is 56.3 Å². The minimum Gasteiger partial charge on any atom is -0.306 e. The average molecular weight is 304 g/mol. The van der Waals surface area contributed by atoms with E-state index in [0.29, 0.717) is 6.04 Å². The fourth-order valence-corrected chi connectivity index (χ4v) is 3.12. The van der Waals surface area contributed by atoms with Gasteiger partial charge in [-0.25, -0.2) is 0 Å². The minimum absolute atomic E-state index is 0.687. The van der Waals surface area contributed by atoms with E-state index in [1.54, 1.807) is 0 Å². The van der Waals surface area contributed by atoms with E-state index >= 15 is 0 Å². The Morgan fingerprint density at radius 3 is 1.86 bits per heavy atom. The van der Waals surface area contributed by atoms with Crippen LogP contribution in [-0.2, 0) is 6.42 Å². The van der Waals surface area contributed by atoms with Crippen LogP contribution in [0, 0.1) is 0 Å². The summed E-state index contributed by atoms with van der Waals surface area (Å²) in [7, 11) is 4.45. The van der Waals surface area contributed by atoms with Crippen molar-refractivity contribution in [3.05, 3.63) is 35.9 Å². The molecule has 0 aliphatic heterocycles. The Hall–Kier alpha value is -0.820. The highest BCUT2D eigenvalue weighted by molar-refractivity contribution is 5.15. The van der Waals surface area contributed by atoms with Gasteiger partial charge in [0.15, 0.2) is 0 Å². The van der Waals surface area contributed by atoms with Crippen LogP contribution >= 0.6 is 0 Å². The lowest BCUT2D eigenvalue weighted by Crippen LogP contribution is -2.30. The predicted octanol–water partition coefficient (Wildman–Crippen LogP) is 6.08. The lowest BCUT2D eigenvalue weighted by molar-refractivity contribution is 0.269. The number of unbranched alkanes of at least 4 members (excludes halogenated alkanes) is 8. The summed E-state index contributed by atoms with van der Waals surface area (Å²) >= 11 is 0. The van der Waals surface area contributed by atoms with Gasteiger partial charge in [0, 0.05) is 6.04 Å². The lowest BCUT2D eigenvalue weighted by atomic mass is 9.98. The van der Waals surface area contributed by atoms with Crippen LogP contribution in [0.1, 0.15) is 76.7 Å². The molecule has 1 aromatic rings. The predicted molar refractivity (Wildman–Crippen MR) is 99.5 cm³/mol. The molecule has 1 atom stereocenters. The van der Waals surface area contributed by atoms with Gasteiger partial charge in [-0.3, -0.25) is 0 Å². The van der Waals surface area contributed by atoms with Gasteiger partial charge >= 0.3 is 0 Å². The standard InChI is InChI=1S/C21H37N/c1-4-5-6-7-8-9-10-11-15-18-21(22(2)3)19-20-16-13-12-14-17-20/h12-14,16-17,21H,4-11,15,18-19H2,1-3H3/t21-/m0/s1. The number of hydrogen-bond acceptors (Lipinski definition) is 1. The maximum Gasteiger partial charge on any atom is 0.0130 e. The van der Waals surface area contributed by atoms with Crippen LogP contribution in [0.5, 0.6) is 0 Å². The molecule has 0 saturated carbocycles. The van der Waals surface area contributed by atoms with Crippen molar-refractivity contribution in [3.63, 3.8) is 0 Å². The largest absolute Gasteiger partial charge is 0.306 e. The number of rotatable bonds is 13. The molecule has 126 valence electrons. The van der Waals surface area contributed by atoms with Gasteiger partial charge in [0.05, 0.1) is 0 Å². The zero-order chi connectivity index (χ0) is 16.0. The van der Waals surface area contributed by atoms with Gasteiger partial charge < -0.3 is 4.90 Å². The van der Waals surface area contributed by atoms with Crippen molar-refractivity contribution < 1.29 is 0 Å². The molecule has 0 spiro atoms. The summed E-state index contributed by atoms with van der Waals surface area (Å²) in [6.45, 7) is 2.29. The first-order valence-electron chi connectivity index (χ1n) is 9.44. The molecule has 0 aliphatic carbocycles. The van der Waals surface area contributed by atoms with Gasteiger partial charge in [-0.2, -0.15) is 0 Å². The third kappa shape index (κ3) is 9.25. The maximum atomic E-state index is 2.40. The van der Waals surface area contributed by atoms with E-state index in [9.17, 15) is 0 Å². The van der Waals surface area contributed by atoms with Crippen molar-refractivity contribution in [1.29, 1.82) is 0 Å². The Morgan fingerprint density at radius 2 is 1.32 bits per heavy atom. The van der Waals surface area contributed by atoms with Crippen LogP contribution < -0.4 is 0 Å². The fraction of sp³-hybridized carbons (Fsp3) is 0.714. The van der Waals surface area contributed by atoms with Gasteiger partial charge in [0.25, 0.3) is 0 Å². The molecule has 0 N–H and O–H groups in total. The normalized spacial score (nSPS) is 12.7. The molecule has 22 heavy (non-hydrogen) atoms. The summed E-state index contributed by atoms with van der Waals surface area (Å²) in [4.78, 5) is 2.40. The number of likely N-dealkylation sites (N-methyl/N-ethyl adjacent to an activating group) is 1. The maximum absolute atomic E-state index is 2.40. The molecule has 0 fully saturated rings. The van der Waals surface area contributed by atoms with E-state index in [-0.39, 0.29) is 0 Å².